The lowest BCUT2D eigenvalue weighted by atomic mass is 9.99. The lowest BCUT2D eigenvalue weighted by molar-refractivity contribution is 0.0223. The number of carbonyl (C=O) groups is 1. The smallest absolute Gasteiger partial charge is 0.410 e. The average Bonchev–Trinajstić information content (AvgIpc) is 3.61. The second kappa shape index (κ2) is 8.74. The molecule has 0 radical (unpaired) electrons. The van der Waals surface area contributed by atoms with Crippen molar-refractivity contribution < 1.29 is 14.3 Å². The highest BCUT2D eigenvalue weighted by atomic mass is 16.6. The molecule has 0 bridgehead atoms. The predicted octanol–water partition coefficient (Wildman–Crippen LogP) is 4.57. The number of nitrogens with zero attached hydrogens (tertiary/aromatic N) is 5. The van der Waals surface area contributed by atoms with Gasteiger partial charge in [-0.1, -0.05) is 30.3 Å². The standard InChI is InChI=1S/C26H31N5O3/c1-26(2,3)34-25(32)30-13-12-20-19(15-30)23(29-31(20)14-17-8-6-5-7-9-17)21-22(18-10-11-18)27-16-28-24(21)33-4/h5-9,16,18H,10-15H2,1-4H3. The van der Waals surface area contributed by atoms with Crippen LogP contribution in [-0.2, 0) is 24.2 Å². The molecule has 5 rings (SSSR count). The van der Waals surface area contributed by atoms with Gasteiger partial charge in [-0.05, 0) is 39.2 Å². The molecule has 178 valence electrons. The van der Waals surface area contributed by atoms with Gasteiger partial charge in [0.1, 0.15) is 17.6 Å². The summed E-state index contributed by atoms with van der Waals surface area (Å²) in [6, 6.07) is 10.3. The third-order valence-corrected chi connectivity index (χ3v) is 6.20. The van der Waals surface area contributed by atoms with Crippen LogP contribution in [-0.4, -0.2) is 50.0 Å². The van der Waals surface area contributed by atoms with Gasteiger partial charge >= 0.3 is 6.09 Å². The molecule has 0 unspecified atom stereocenters. The Hall–Kier alpha value is -3.42. The monoisotopic (exact) mass is 461 g/mol. The van der Waals surface area contributed by atoms with E-state index in [4.69, 9.17) is 14.6 Å². The number of benzene rings is 1. The van der Waals surface area contributed by atoms with Crippen LogP contribution in [0.15, 0.2) is 36.7 Å². The summed E-state index contributed by atoms with van der Waals surface area (Å²) in [6.45, 7) is 7.33. The van der Waals surface area contributed by atoms with Gasteiger partial charge in [0, 0.05) is 30.1 Å². The number of rotatable bonds is 5. The molecule has 8 heteroatoms. The van der Waals surface area contributed by atoms with Crippen LogP contribution in [0.4, 0.5) is 4.79 Å². The Kier molecular flexibility index (Phi) is 5.75. The Bertz CT molecular complexity index is 1200. The van der Waals surface area contributed by atoms with E-state index in [1.807, 2.05) is 39.0 Å². The maximum Gasteiger partial charge on any atom is 0.410 e. The van der Waals surface area contributed by atoms with Crippen molar-refractivity contribution >= 4 is 6.09 Å². The SMILES string of the molecule is COc1ncnc(C2CC2)c1-c1nn(Cc2ccccc2)c2c1CN(C(=O)OC(C)(C)C)CC2. The van der Waals surface area contributed by atoms with Crippen molar-refractivity contribution in [3.63, 3.8) is 0 Å². The average molecular weight is 462 g/mol. The first-order chi connectivity index (χ1) is 16.3. The van der Waals surface area contributed by atoms with Gasteiger partial charge in [0.25, 0.3) is 0 Å². The number of aromatic nitrogens is 4. The van der Waals surface area contributed by atoms with Crippen LogP contribution in [0.1, 0.15) is 62.0 Å². The van der Waals surface area contributed by atoms with Crippen LogP contribution in [0.25, 0.3) is 11.3 Å². The Balaban J connectivity index is 1.60. The topological polar surface area (TPSA) is 82.4 Å². The van der Waals surface area contributed by atoms with Crippen molar-refractivity contribution in [2.45, 2.75) is 64.6 Å². The summed E-state index contributed by atoms with van der Waals surface area (Å²) in [5.74, 6) is 0.922. The summed E-state index contributed by atoms with van der Waals surface area (Å²) in [5.41, 5.74) is 5.41. The Morgan fingerprint density at radius 1 is 1.15 bits per heavy atom. The molecule has 1 aromatic carbocycles. The number of methoxy groups -OCH3 is 1. The Morgan fingerprint density at radius 2 is 1.91 bits per heavy atom. The molecule has 1 fully saturated rings. The molecule has 0 saturated heterocycles. The molecule has 3 heterocycles. The highest BCUT2D eigenvalue weighted by molar-refractivity contribution is 5.74. The number of carbonyl (C=O) groups excluding carboxylic acids is 1. The highest BCUT2D eigenvalue weighted by Gasteiger charge is 2.36. The van der Waals surface area contributed by atoms with Crippen molar-refractivity contribution in [1.82, 2.24) is 24.6 Å². The molecule has 0 atom stereocenters. The van der Waals surface area contributed by atoms with Gasteiger partial charge in [0.2, 0.25) is 5.88 Å². The molecule has 1 saturated carbocycles. The van der Waals surface area contributed by atoms with E-state index in [0.29, 0.717) is 37.9 Å². The van der Waals surface area contributed by atoms with Gasteiger partial charge in [-0.25, -0.2) is 14.8 Å². The lowest BCUT2D eigenvalue weighted by Crippen LogP contribution is -2.40. The summed E-state index contributed by atoms with van der Waals surface area (Å²) in [6.07, 6.45) is 4.16. The lowest BCUT2D eigenvalue weighted by Gasteiger charge is -2.30. The Labute approximate surface area is 199 Å². The minimum Gasteiger partial charge on any atom is -0.480 e. The largest absolute Gasteiger partial charge is 0.480 e. The van der Waals surface area contributed by atoms with Crippen molar-refractivity contribution in [2.75, 3.05) is 13.7 Å². The third-order valence-electron chi connectivity index (χ3n) is 6.20. The number of ether oxygens (including phenoxy) is 2. The minimum absolute atomic E-state index is 0.307. The molecule has 0 N–H and O–H groups in total. The summed E-state index contributed by atoms with van der Waals surface area (Å²) >= 11 is 0. The van der Waals surface area contributed by atoms with Gasteiger partial charge in [0.15, 0.2) is 0 Å². The van der Waals surface area contributed by atoms with E-state index in [1.54, 1.807) is 18.3 Å². The first-order valence-electron chi connectivity index (χ1n) is 11.8. The molecule has 34 heavy (non-hydrogen) atoms. The van der Waals surface area contributed by atoms with Crippen molar-refractivity contribution in [2.24, 2.45) is 0 Å². The van der Waals surface area contributed by atoms with Gasteiger partial charge < -0.3 is 14.4 Å². The molecule has 0 spiro atoms. The molecule has 1 aliphatic carbocycles. The number of amides is 1. The fourth-order valence-corrected chi connectivity index (χ4v) is 4.49. The third kappa shape index (κ3) is 4.49. The van der Waals surface area contributed by atoms with E-state index >= 15 is 0 Å². The predicted molar refractivity (Wildman–Crippen MR) is 128 cm³/mol. The van der Waals surface area contributed by atoms with E-state index in [2.05, 4.69) is 26.8 Å². The van der Waals surface area contributed by atoms with E-state index in [1.165, 1.54) is 5.56 Å². The Morgan fingerprint density at radius 3 is 2.59 bits per heavy atom. The zero-order valence-corrected chi connectivity index (χ0v) is 20.2. The van der Waals surface area contributed by atoms with Gasteiger partial charge in [-0.2, -0.15) is 5.10 Å². The molecule has 8 nitrogen and oxygen atoms in total. The van der Waals surface area contributed by atoms with Gasteiger partial charge in [-0.15, -0.1) is 0 Å². The van der Waals surface area contributed by atoms with Crippen molar-refractivity contribution in [3.8, 4) is 17.1 Å². The second-order valence-corrected chi connectivity index (χ2v) is 9.99. The quantitative estimate of drug-likeness (QED) is 0.554. The van der Waals surface area contributed by atoms with Crippen molar-refractivity contribution in [1.29, 1.82) is 0 Å². The zero-order valence-electron chi connectivity index (χ0n) is 20.2. The first-order valence-corrected chi connectivity index (χ1v) is 11.8. The van der Waals surface area contributed by atoms with E-state index in [0.717, 1.165) is 41.1 Å². The van der Waals surface area contributed by atoms with Crippen LogP contribution in [0.2, 0.25) is 0 Å². The minimum atomic E-state index is -0.548. The van der Waals surface area contributed by atoms with E-state index in [9.17, 15) is 4.79 Å². The van der Waals surface area contributed by atoms with E-state index < -0.39 is 5.60 Å². The normalized spacial score (nSPS) is 15.7. The number of hydrogen-bond acceptors (Lipinski definition) is 6. The molecule has 1 aliphatic heterocycles. The molecule has 3 aromatic rings. The van der Waals surface area contributed by atoms with Crippen LogP contribution >= 0.6 is 0 Å². The van der Waals surface area contributed by atoms with Crippen LogP contribution < -0.4 is 4.74 Å². The maximum absolute atomic E-state index is 12.9. The first kappa shape index (κ1) is 22.4. The highest BCUT2D eigenvalue weighted by Crippen LogP contribution is 2.46. The summed E-state index contributed by atoms with van der Waals surface area (Å²) in [4.78, 5) is 23.7. The maximum atomic E-state index is 12.9. The van der Waals surface area contributed by atoms with Crippen LogP contribution in [0, 0.1) is 0 Å². The van der Waals surface area contributed by atoms with Gasteiger partial charge in [-0.3, -0.25) is 4.68 Å². The van der Waals surface area contributed by atoms with E-state index in [-0.39, 0.29) is 6.09 Å². The molecule has 2 aromatic heterocycles. The molecule has 1 amide bonds. The van der Waals surface area contributed by atoms with Crippen LogP contribution in [0.5, 0.6) is 5.88 Å². The summed E-state index contributed by atoms with van der Waals surface area (Å²) in [5, 5.41) is 5.08. The fourth-order valence-electron chi connectivity index (χ4n) is 4.49. The van der Waals surface area contributed by atoms with Crippen LogP contribution in [0.3, 0.4) is 0 Å². The summed E-state index contributed by atoms with van der Waals surface area (Å²) < 4.78 is 13.4. The summed E-state index contributed by atoms with van der Waals surface area (Å²) in [7, 11) is 1.63. The van der Waals surface area contributed by atoms with Crippen molar-refractivity contribution in [3.05, 3.63) is 59.2 Å². The molecule has 2 aliphatic rings. The zero-order chi connectivity index (χ0) is 23.9. The number of hydrogen-bond donors (Lipinski definition) is 0. The number of fused-ring (bicyclic) bond motifs is 1. The van der Waals surface area contributed by atoms with Gasteiger partial charge in [0.05, 0.1) is 31.5 Å². The molecular formula is C26H31N5O3. The fraction of sp³-hybridized carbons (Fsp3) is 0.462. The second-order valence-electron chi connectivity index (χ2n) is 9.99. The molecular weight excluding hydrogens is 430 g/mol.